The summed E-state index contributed by atoms with van der Waals surface area (Å²) in [5.74, 6) is -1.12. The highest BCUT2D eigenvalue weighted by Crippen LogP contribution is 2.26. The van der Waals surface area contributed by atoms with E-state index < -0.39 is 20.6 Å². The van der Waals surface area contributed by atoms with E-state index in [0.29, 0.717) is 16.8 Å². The van der Waals surface area contributed by atoms with Gasteiger partial charge < -0.3 is 0 Å². The molecule has 0 saturated heterocycles. The first kappa shape index (κ1) is 14.4. The first-order valence-electron chi connectivity index (χ1n) is 4.81. The van der Waals surface area contributed by atoms with Crippen molar-refractivity contribution >= 4 is 32.9 Å². The normalized spacial score (nSPS) is 10.8. The van der Waals surface area contributed by atoms with Crippen LogP contribution in [0, 0.1) is 24.0 Å². The Kier molecular flexibility index (Phi) is 4.28. The van der Waals surface area contributed by atoms with Gasteiger partial charge in [-0.1, -0.05) is 0 Å². The fraction of sp³-hybridized carbons (Fsp3) is 0.300. The summed E-state index contributed by atoms with van der Waals surface area (Å²) in [5.41, 5.74) is 1.28. The highest BCUT2D eigenvalue weighted by Gasteiger charge is 2.25. The first-order valence-corrected chi connectivity index (χ1v) is 6.87. The molecule has 1 aromatic carbocycles. The molecule has 18 heavy (non-hydrogen) atoms. The number of isothiocyanates is 1. The largest absolute Gasteiger partial charge is 0.305 e. The van der Waals surface area contributed by atoms with Crippen molar-refractivity contribution in [1.82, 2.24) is 0 Å². The molecule has 1 aromatic rings. The highest BCUT2D eigenvalue weighted by molar-refractivity contribution is 7.91. The number of sulfone groups is 1. The molecule has 1 rings (SSSR count). The second kappa shape index (κ2) is 5.34. The minimum absolute atomic E-state index is 0.0254. The number of benzene rings is 1. The molecule has 96 valence electrons. The molecule has 0 aliphatic rings. The van der Waals surface area contributed by atoms with Gasteiger partial charge in [0.1, 0.15) is 0 Å². The minimum atomic E-state index is -3.94. The molecular weight excluding hydrogens is 276 g/mol. The zero-order valence-corrected chi connectivity index (χ0v) is 11.3. The Hall–Kier alpha value is -1.63. The minimum Gasteiger partial charge on any atom is -0.263 e. The van der Waals surface area contributed by atoms with Crippen LogP contribution < -0.4 is 0 Å². The van der Waals surface area contributed by atoms with Crippen molar-refractivity contribution in [1.29, 1.82) is 0 Å². The molecule has 0 fully saturated rings. The molecule has 0 saturated carbocycles. The summed E-state index contributed by atoms with van der Waals surface area (Å²) < 4.78 is 23.7. The average Bonchev–Trinajstić information content (AvgIpc) is 2.13. The van der Waals surface area contributed by atoms with E-state index in [1.54, 1.807) is 13.8 Å². The van der Waals surface area contributed by atoms with Crippen LogP contribution in [0.1, 0.15) is 11.1 Å². The standard InChI is InChI=1S/C10H10N2O4S2/c1-7-3-9(11-5-17)4-8(2)10(7)18(15,16)6-12(13)14/h3-4H,6H2,1-2H3. The van der Waals surface area contributed by atoms with Crippen LogP contribution in [0.2, 0.25) is 0 Å². The molecule has 0 unspecified atom stereocenters. The number of thiocarbonyl (C=S) groups is 1. The summed E-state index contributed by atoms with van der Waals surface area (Å²) in [6.45, 7) is 3.12. The van der Waals surface area contributed by atoms with Crippen LogP contribution in [0.5, 0.6) is 0 Å². The predicted octanol–water partition coefficient (Wildman–Crippen LogP) is 2.05. The third-order valence-corrected chi connectivity index (χ3v) is 4.11. The summed E-state index contributed by atoms with van der Waals surface area (Å²) in [7, 11) is -3.94. The van der Waals surface area contributed by atoms with Gasteiger partial charge in [0.25, 0.3) is 0 Å². The zero-order chi connectivity index (χ0) is 13.9. The predicted molar refractivity (Wildman–Crippen MR) is 69.6 cm³/mol. The number of rotatable bonds is 4. The van der Waals surface area contributed by atoms with Crippen molar-refractivity contribution in [3.8, 4) is 0 Å². The lowest BCUT2D eigenvalue weighted by molar-refractivity contribution is -0.458. The van der Waals surface area contributed by atoms with Crippen LogP contribution >= 0.6 is 12.2 Å². The summed E-state index contributed by atoms with van der Waals surface area (Å²) in [5, 5.41) is 12.5. The molecule has 0 aliphatic heterocycles. The summed E-state index contributed by atoms with van der Waals surface area (Å²) >= 11 is 4.46. The quantitative estimate of drug-likeness (QED) is 0.366. The Labute approximate surface area is 109 Å². The summed E-state index contributed by atoms with van der Waals surface area (Å²) in [4.78, 5) is 13.2. The van der Waals surface area contributed by atoms with Crippen molar-refractivity contribution in [3.05, 3.63) is 33.4 Å². The number of nitro groups is 1. The third-order valence-electron chi connectivity index (χ3n) is 2.21. The van der Waals surface area contributed by atoms with Crippen molar-refractivity contribution in [2.24, 2.45) is 4.99 Å². The lowest BCUT2D eigenvalue weighted by Crippen LogP contribution is -2.16. The maximum Gasteiger partial charge on any atom is 0.305 e. The fourth-order valence-electron chi connectivity index (χ4n) is 1.74. The number of aliphatic imine (C=N–C) groups is 1. The highest BCUT2D eigenvalue weighted by atomic mass is 32.2. The molecule has 0 heterocycles. The molecule has 0 atom stereocenters. The van der Waals surface area contributed by atoms with Crippen LogP contribution in [0.15, 0.2) is 22.0 Å². The van der Waals surface area contributed by atoms with E-state index in [1.165, 1.54) is 12.1 Å². The van der Waals surface area contributed by atoms with Gasteiger partial charge in [0.2, 0.25) is 9.84 Å². The molecule has 0 bridgehead atoms. The van der Waals surface area contributed by atoms with Gasteiger partial charge in [0, 0.05) is 4.92 Å². The van der Waals surface area contributed by atoms with Gasteiger partial charge >= 0.3 is 5.88 Å². The average molecular weight is 286 g/mol. The lowest BCUT2D eigenvalue weighted by Gasteiger charge is -2.09. The fourth-order valence-corrected chi connectivity index (χ4v) is 3.35. The monoisotopic (exact) mass is 286 g/mol. The Morgan fingerprint density at radius 1 is 1.39 bits per heavy atom. The Morgan fingerprint density at radius 3 is 2.28 bits per heavy atom. The van der Waals surface area contributed by atoms with Crippen molar-refractivity contribution in [2.75, 3.05) is 5.88 Å². The van der Waals surface area contributed by atoms with Crippen molar-refractivity contribution in [3.63, 3.8) is 0 Å². The van der Waals surface area contributed by atoms with Crippen molar-refractivity contribution < 1.29 is 13.3 Å². The van der Waals surface area contributed by atoms with Gasteiger partial charge in [0.05, 0.1) is 15.7 Å². The maximum atomic E-state index is 11.8. The molecule has 0 spiro atoms. The van der Waals surface area contributed by atoms with Gasteiger partial charge in [-0.25, -0.2) is 8.42 Å². The topological polar surface area (TPSA) is 89.6 Å². The second-order valence-corrected chi connectivity index (χ2v) is 5.77. The molecule has 6 nitrogen and oxygen atoms in total. The van der Waals surface area contributed by atoms with Gasteiger partial charge in [-0.3, -0.25) is 10.1 Å². The van der Waals surface area contributed by atoms with Gasteiger partial charge in [-0.05, 0) is 49.3 Å². The second-order valence-electron chi connectivity index (χ2n) is 3.69. The van der Waals surface area contributed by atoms with Gasteiger partial charge in [-0.2, -0.15) is 4.99 Å². The molecule has 0 N–H and O–H groups in total. The van der Waals surface area contributed by atoms with E-state index in [1.807, 2.05) is 0 Å². The number of hydrogen-bond donors (Lipinski definition) is 0. The Bertz CT molecular complexity index is 623. The molecular formula is C10H10N2O4S2. The van der Waals surface area contributed by atoms with Crippen molar-refractivity contribution in [2.45, 2.75) is 18.7 Å². The number of aryl methyl sites for hydroxylation is 2. The molecule has 0 aliphatic carbocycles. The van der Waals surface area contributed by atoms with E-state index in [2.05, 4.69) is 22.4 Å². The van der Waals surface area contributed by atoms with Crippen LogP contribution in [0.25, 0.3) is 0 Å². The van der Waals surface area contributed by atoms with Crippen LogP contribution in [0.3, 0.4) is 0 Å². The third kappa shape index (κ3) is 3.19. The summed E-state index contributed by atoms with van der Waals surface area (Å²) in [6.07, 6.45) is 0. The lowest BCUT2D eigenvalue weighted by atomic mass is 10.1. The van der Waals surface area contributed by atoms with E-state index in [9.17, 15) is 18.5 Å². The van der Waals surface area contributed by atoms with Gasteiger partial charge in [-0.15, -0.1) is 0 Å². The molecule has 0 aromatic heterocycles. The van der Waals surface area contributed by atoms with E-state index in [-0.39, 0.29) is 4.90 Å². The molecule has 0 amide bonds. The number of nitrogens with zero attached hydrogens (tertiary/aromatic N) is 2. The van der Waals surface area contributed by atoms with Gasteiger partial charge in [0.15, 0.2) is 0 Å². The van der Waals surface area contributed by atoms with E-state index >= 15 is 0 Å². The first-order chi connectivity index (χ1) is 8.27. The number of hydrogen-bond acceptors (Lipinski definition) is 6. The van der Waals surface area contributed by atoms with E-state index in [4.69, 9.17) is 0 Å². The maximum absolute atomic E-state index is 11.8. The summed E-state index contributed by atoms with van der Waals surface area (Å²) in [6, 6.07) is 3.00. The smallest absolute Gasteiger partial charge is 0.263 e. The van der Waals surface area contributed by atoms with Crippen LogP contribution in [-0.4, -0.2) is 24.4 Å². The SMILES string of the molecule is Cc1cc(N=C=S)cc(C)c1S(=O)(=O)C[N+](=O)[O-]. The van der Waals surface area contributed by atoms with E-state index in [0.717, 1.165) is 0 Å². The molecule has 8 heteroatoms. The van der Waals surface area contributed by atoms with Crippen LogP contribution in [0.4, 0.5) is 5.69 Å². The zero-order valence-electron chi connectivity index (χ0n) is 9.71. The molecule has 0 radical (unpaired) electrons. The Morgan fingerprint density at radius 2 is 1.89 bits per heavy atom. The van der Waals surface area contributed by atoms with Crippen LogP contribution in [-0.2, 0) is 9.84 Å². The Balaban J connectivity index is 3.43.